The summed E-state index contributed by atoms with van der Waals surface area (Å²) < 4.78 is 8.46. The van der Waals surface area contributed by atoms with Gasteiger partial charge in [0, 0.05) is 27.6 Å². The molecule has 2 aliphatic heterocycles. The zero-order valence-electron chi connectivity index (χ0n) is 15.8. The summed E-state index contributed by atoms with van der Waals surface area (Å²) in [6.45, 7) is -0.484. The van der Waals surface area contributed by atoms with Gasteiger partial charge in [0.25, 0.3) is 0 Å². The summed E-state index contributed by atoms with van der Waals surface area (Å²) in [4.78, 5) is 15.7. The summed E-state index contributed by atoms with van der Waals surface area (Å²) in [6.07, 6.45) is 2.56. The Morgan fingerprint density at radius 3 is 2.04 bits per heavy atom. The van der Waals surface area contributed by atoms with Gasteiger partial charge >= 0.3 is 0 Å². The predicted octanol–water partition coefficient (Wildman–Crippen LogP) is 3.38. The van der Waals surface area contributed by atoms with Crippen LogP contribution in [0.5, 0.6) is 0 Å². The molecular weight excluding hydrogens is 352 g/mol. The lowest BCUT2D eigenvalue weighted by Gasteiger charge is -2.07. The van der Waals surface area contributed by atoms with Crippen LogP contribution in [0.2, 0.25) is 0 Å². The second kappa shape index (κ2) is 6.60. The van der Waals surface area contributed by atoms with E-state index in [4.69, 9.17) is 1.37 Å². The minimum Gasteiger partial charge on any atom is -0.393 e. The van der Waals surface area contributed by atoms with Gasteiger partial charge in [0.2, 0.25) is 0 Å². The van der Waals surface area contributed by atoms with E-state index < -0.39 is 12.7 Å². The summed E-state index contributed by atoms with van der Waals surface area (Å²) in [5.41, 5.74) is 6.18. The Kier molecular flexibility index (Phi) is 3.67. The van der Waals surface area contributed by atoms with E-state index in [1.54, 1.807) is 12.1 Å². The van der Waals surface area contributed by atoms with Crippen molar-refractivity contribution in [3.05, 3.63) is 71.3 Å². The fourth-order valence-electron chi connectivity index (χ4n) is 3.31. The van der Waals surface area contributed by atoms with Crippen LogP contribution in [0.4, 0.5) is 0 Å². The first-order valence-electron chi connectivity index (χ1n) is 9.46. The molecule has 0 saturated heterocycles. The number of aromatic amines is 2. The molecule has 138 valence electrons. The molecular formula is C22H18N4O2. The minimum atomic E-state index is -1.18. The van der Waals surface area contributed by atoms with Gasteiger partial charge in [-0.2, -0.15) is 0 Å². The number of hydrogen-bond acceptors (Lipinski definition) is 4. The molecule has 0 aromatic carbocycles. The fourth-order valence-corrected chi connectivity index (χ4v) is 3.31. The van der Waals surface area contributed by atoms with Gasteiger partial charge in [0.05, 0.1) is 30.8 Å². The molecule has 0 saturated carbocycles. The molecule has 1 atom stereocenters. The number of H-pyrrole nitrogens is 2. The Morgan fingerprint density at radius 2 is 1.39 bits per heavy atom. The first kappa shape index (κ1) is 15.6. The SMILES string of the molecule is [2H]C1=C(C(O)CO)c2cc3nc(cc4ccc(cc5ccc(cc1n2)[nH]5)[nH]4)C=C3. The number of nitrogens with one attached hydrogen (secondary N) is 2. The maximum absolute atomic E-state index is 10.3. The van der Waals surface area contributed by atoms with E-state index >= 15 is 0 Å². The molecule has 6 nitrogen and oxygen atoms in total. The van der Waals surface area contributed by atoms with Gasteiger partial charge < -0.3 is 20.2 Å². The zero-order valence-corrected chi connectivity index (χ0v) is 14.8. The van der Waals surface area contributed by atoms with Crippen molar-refractivity contribution in [3.63, 3.8) is 0 Å². The molecule has 6 heteroatoms. The lowest BCUT2D eigenvalue weighted by molar-refractivity contribution is 0.138. The highest BCUT2D eigenvalue weighted by Crippen LogP contribution is 2.26. The molecule has 5 rings (SSSR count). The van der Waals surface area contributed by atoms with Crippen molar-refractivity contribution in [1.82, 2.24) is 19.9 Å². The van der Waals surface area contributed by atoms with E-state index in [0.717, 1.165) is 27.8 Å². The molecule has 3 aromatic rings. The largest absolute Gasteiger partial charge is 0.393 e. The first-order chi connectivity index (χ1) is 14.1. The number of hydrogen-bond donors (Lipinski definition) is 4. The summed E-state index contributed by atoms with van der Waals surface area (Å²) in [5, 5.41) is 19.7. The Labute approximate surface area is 162 Å². The average Bonchev–Trinajstić information content (AvgIpc) is 3.47. The highest BCUT2D eigenvalue weighted by atomic mass is 16.3. The fraction of sp³-hybridized carbons (Fsp3) is 0.0909. The van der Waals surface area contributed by atoms with Crippen LogP contribution in [0.3, 0.4) is 0 Å². The summed E-state index contributed by atoms with van der Waals surface area (Å²) in [7, 11) is 0. The normalized spacial score (nSPS) is 15.0. The van der Waals surface area contributed by atoms with Crippen molar-refractivity contribution in [2.75, 3.05) is 6.61 Å². The van der Waals surface area contributed by atoms with Crippen molar-refractivity contribution < 1.29 is 11.6 Å². The lowest BCUT2D eigenvalue weighted by Crippen LogP contribution is -2.13. The Hall–Kier alpha value is -3.48. The molecule has 3 aromatic heterocycles. The molecule has 0 amide bonds. The van der Waals surface area contributed by atoms with Crippen molar-refractivity contribution in [3.8, 4) is 0 Å². The van der Waals surface area contributed by atoms with Crippen molar-refractivity contribution in [2.45, 2.75) is 6.10 Å². The molecule has 28 heavy (non-hydrogen) atoms. The average molecular weight is 371 g/mol. The molecule has 0 aliphatic carbocycles. The number of rotatable bonds is 2. The third-order valence-corrected chi connectivity index (χ3v) is 4.62. The molecule has 1 unspecified atom stereocenters. The van der Waals surface area contributed by atoms with Crippen LogP contribution >= 0.6 is 0 Å². The van der Waals surface area contributed by atoms with Crippen LogP contribution in [-0.2, 0) is 0 Å². The minimum absolute atomic E-state index is 0.0918. The monoisotopic (exact) mass is 371 g/mol. The standard InChI is InChI=1S/C22H18N4O2/c27-12-22(28)20-10-19-9-17-4-3-15(24-17)7-13-1-2-14(23-13)8-16-5-6-18(25-16)11-21(20)26-19/h1-11,22-24,27-28H,12H2/i10D. The van der Waals surface area contributed by atoms with Gasteiger partial charge in [0.1, 0.15) is 6.10 Å². The van der Waals surface area contributed by atoms with Crippen molar-refractivity contribution in [2.24, 2.45) is 0 Å². The van der Waals surface area contributed by atoms with E-state index in [0.29, 0.717) is 22.7 Å². The topological polar surface area (TPSA) is 97.8 Å². The molecule has 5 heterocycles. The highest BCUT2D eigenvalue weighted by molar-refractivity contribution is 5.86. The van der Waals surface area contributed by atoms with Gasteiger partial charge in [-0.1, -0.05) is 0 Å². The molecule has 4 N–H and O–H groups in total. The van der Waals surface area contributed by atoms with Crippen LogP contribution in [0, 0.1) is 0 Å². The Balaban J connectivity index is 1.85. The van der Waals surface area contributed by atoms with Gasteiger partial charge in [-0.3, -0.25) is 0 Å². The van der Waals surface area contributed by atoms with Crippen LogP contribution in [0.15, 0.2) is 48.5 Å². The van der Waals surface area contributed by atoms with Crippen LogP contribution in [0.1, 0.15) is 24.1 Å². The third-order valence-electron chi connectivity index (χ3n) is 4.62. The second-order valence-corrected chi connectivity index (χ2v) is 6.73. The Bertz CT molecular complexity index is 1330. The van der Waals surface area contributed by atoms with Crippen LogP contribution in [-0.4, -0.2) is 42.9 Å². The highest BCUT2D eigenvalue weighted by Gasteiger charge is 2.18. The first-order valence-corrected chi connectivity index (χ1v) is 8.96. The van der Waals surface area contributed by atoms with E-state index in [2.05, 4.69) is 19.9 Å². The summed E-state index contributed by atoms with van der Waals surface area (Å²) in [5.74, 6) is 0. The molecule has 0 fully saturated rings. The van der Waals surface area contributed by atoms with Gasteiger partial charge in [-0.15, -0.1) is 0 Å². The number of aliphatic hydroxyl groups is 2. The number of aromatic nitrogens is 4. The van der Waals surface area contributed by atoms with Gasteiger partial charge in [-0.25, -0.2) is 9.97 Å². The van der Waals surface area contributed by atoms with Crippen molar-refractivity contribution in [1.29, 1.82) is 0 Å². The summed E-state index contributed by atoms with van der Waals surface area (Å²) in [6, 6.07) is 15.3. The van der Waals surface area contributed by atoms with Gasteiger partial charge in [0.15, 0.2) is 0 Å². The second-order valence-electron chi connectivity index (χ2n) is 6.73. The number of nitrogens with zero attached hydrogens (tertiary/aromatic N) is 2. The van der Waals surface area contributed by atoms with Crippen molar-refractivity contribution >= 4 is 45.8 Å². The smallest absolute Gasteiger partial charge is 0.104 e. The predicted molar refractivity (Wildman–Crippen MR) is 111 cm³/mol. The Morgan fingerprint density at radius 1 is 0.821 bits per heavy atom. The quantitative estimate of drug-likeness (QED) is 0.434. The van der Waals surface area contributed by atoms with Crippen LogP contribution in [0.25, 0.3) is 45.8 Å². The lowest BCUT2D eigenvalue weighted by atomic mass is 10.1. The molecule has 0 spiro atoms. The van der Waals surface area contributed by atoms with Crippen LogP contribution < -0.4 is 0 Å². The molecule has 2 aliphatic rings. The third kappa shape index (κ3) is 3.15. The number of fused-ring (bicyclic) bond motifs is 8. The number of aliphatic hydroxyl groups excluding tert-OH is 2. The van der Waals surface area contributed by atoms with E-state index in [1.807, 2.05) is 48.6 Å². The maximum Gasteiger partial charge on any atom is 0.104 e. The summed E-state index contributed by atoms with van der Waals surface area (Å²) >= 11 is 0. The molecule has 0 radical (unpaired) electrons. The van der Waals surface area contributed by atoms with E-state index in [1.165, 1.54) is 0 Å². The maximum atomic E-state index is 10.3. The van der Waals surface area contributed by atoms with E-state index in [9.17, 15) is 10.2 Å². The van der Waals surface area contributed by atoms with Gasteiger partial charge in [-0.05, 0) is 66.7 Å². The van der Waals surface area contributed by atoms with E-state index in [-0.39, 0.29) is 6.05 Å². The molecule has 8 bridgehead atoms. The zero-order chi connectivity index (χ0) is 20.0.